The second kappa shape index (κ2) is 5.92. The molecule has 0 saturated heterocycles. The topological polar surface area (TPSA) is 52.9 Å². The maximum atomic E-state index is 11.4. The van der Waals surface area contributed by atoms with E-state index in [4.69, 9.17) is 5.26 Å². The Morgan fingerprint density at radius 3 is 2.57 bits per heavy atom. The Labute approximate surface area is 90.3 Å². The Bertz CT molecular complexity index is 233. The van der Waals surface area contributed by atoms with E-state index in [0.717, 1.165) is 0 Å². The normalized spacial score (nSPS) is 13.1. The molecule has 1 atom stereocenters. The van der Waals surface area contributed by atoms with E-state index in [-0.39, 0.29) is 10.7 Å². The van der Waals surface area contributed by atoms with Gasteiger partial charge in [-0.05, 0) is 26.5 Å². The lowest BCUT2D eigenvalue weighted by Crippen LogP contribution is -2.38. The molecule has 80 valence electrons. The molecule has 0 aromatic heterocycles. The number of nitrogens with one attached hydrogen (secondary N) is 1. The third kappa shape index (κ3) is 4.52. The average Bonchev–Trinajstić information content (AvgIpc) is 2.17. The summed E-state index contributed by atoms with van der Waals surface area (Å²) in [5.74, 6) is -0.662. The van der Waals surface area contributed by atoms with Crippen molar-refractivity contribution in [2.24, 2.45) is 5.92 Å². The first-order valence-corrected chi connectivity index (χ1v) is 5.91. The zero-order valence-corrected chi connectivity index (χ0v) is 10.1. The molecule has 0 aliphatic heterocycles. The molecule has 14 heavy (non-hydrogen) atoms. The molecule has 1 N–H and O–H groups in total. The quantitative estimate of drug-likeness (QED) is 0.759. The Morgan fingerprint density at radius 1 is 1.64 bits per heavy atom. The van der Waals surface area contributed by atoms with Crippen LogP contribution in [0.15, 0.2) is 0 Å². The molecule has 3 nitrogen and oxygen atoms in total. The van der Waals surface area contributed by atoms with Gasteiger partial charge in [0.1, 0.15) is 5.92 Å². The Morgan fingerprint density at radius 2 is 2.21 bits per heavy atom. The molecular formula is C10H18N2OS. The van der Waals surface area contributed by atoms with E-state index in [9.17, 15) is 4.79 Å². The molecule has 0 saturated carbocycles. The van der Waals surface area contributed by atoms with Crippen molar-refractivity contribution in [3.05, 3.63) is 0 Å². The van der Waals surface area contributed by atoms with Crippen molar-refractivity contribution < 1.29 is 4.79 Å². The summed E-state index contributed by atoms with van der Waals surface area (Å²) in [7, 11) is 0. The van der Waals surface area contributed by atoms with Gasteiger partial charge in [0.2, 0.25) is 5.91 Å². The standard InChI is InChI=1S/C10H18N2OS/c1-5-8(6-11)9(13)12-7-10(2,3)14-4/h8H,5,7H2,1-4H3,(H,12,13). The van der Waals surface area contributed by atoms with Gasteiger partial charge in [-0.1, -0.05) is 6.92 Å². The number of thioether (sulfide) groups is 1. The fourth-order valence-corrected chi connectivity index (χ4v) is 1.05. The summed E-state index contributed by atoms with van der Waals surface area (Å²) < 4.78 is 0.0312. The van der Waals surface area contributed by atoms with E-state index in [1.54, 1.807) is 11.8 Å². The molecular weight excluding hydrogens is 196 g/mol. The first kappa shape index (κ1) is 13.3. The van der Waals surface area contributed by atoms with Crippen LogP contribution in [0, 0.1) is 17.2 Å². The molecule has 0 rings (SSSR count). The molecule has 1 unspecified atom stereocenters. The first-order chi connectivity index (χ1) is 6.46. The predicted molar refractivity (Wildman–Crippen MR) is 60.0 cm³/mol. The number of hydrogen-bond acceptors (Lipinski definition) is 3. The van der Waals surface area contributed by atoms with Gasteiger partial charge >= 0.3 is 0 Å². The van der Waals surface area contributed by atoms with Gasteiger partial charge < -0.3 is 5.32 Å². The summed E-state index contributed by atoms with van der Waals surface area (Å²) in [6, 6.07) is 1.99. The van der Waals surface area contributed by atoms with Crippen molar-refractivity contribution in [1.82, 2.24) is 5.32 Å². The zero-order valence-electron chi connectivity index (χ0n) is 9.26. The lowest BCUT2D eigenvalue weighted by molar-refractivity contribution is -0.123. The lowest BCUT2D eigenvalue weighted by Gasteiger charge is -2.22. The fourth-order valence-electron chi connectivity index (χ4n) is 0.831. The van der Waals surface area contributed by atoms with Crippen molar-refractivity contribution >= 4 is 17.7 Å². The molecule has 0 aromatic carbocycles. The molecule has 1 amide bonds. The van der Waals surface area contributed by atoms with Gasteiger partial charge in [-0.3, -0.25) is 4.79 Å². The molecule has 0 heterocycles. The third-order valence-corrected chi connectivity index (χ3v) is 3.37. The highest BCUT2D eigenvalue weighted by atomic mass is 32.2. The lowest BCUT2D eigenvalue weighted by atomic mass is 10.1. The second-order valence-corrected chi connectivity index (χ2v) is 5.28. The van der Waals surface area contributed by atoms with Crippen LogP contribution in [0.1, 0.15) is 27.2 Å². The smallest absolute Gasteiger partial charge is 0.237 e. The van der Waals surface area contributed by atoms with Gasteiger partial charge in [0, 0.05) is 11.3 Å². The Hall–Kier alpha value is -0.690. The number of carbonyl (C=O) groups is 1. The van der Waals surface area contributed by atoms with E-state index in [1.807, 2.05) is 19.2 Å². The molecule has 0 radical (unpaired) electrons. The number of rotatable bonds is 5. The highest BCUT2D eigenvalue weighted by Gasteiger charge is 2.20. The highest BCUT2D eigenvalue weighted by Crippen LogP contribution is 2.19. The molecule has 0 aliphatic rings. The maximum absolute atomic E-state index is 11.4. The van der Waals surface area contributed by atoms with Crippen LogP contribution in [0.25, 0.3) is 0 Å². The van der Waals surface area contributed by atoms with Crippen LogP contribution in [-0.4, -0.2) is 23.5 Å². The minimum atomic E-state index is -0.507. The minimum absolute atomic E-state index is 0.0312. The van der Waals surface area contributed by atoms with E-state index in [1.165, 1.54) is 0 Å². The predicted octanol–water partition coefficient (Wildman–Crippen LogP) is 1.79. The van der Waals surface area contributed by atoms with Gasteiger partial charge in [-0.2, -0.15) is 17.0 Å². The van der Waals surface area contributed by atoms with Crippen molar-refractivity contribution in [2.75, 3.05) is 12.8 Å². The van der Waals surface area contributed by atoms with E-state index >= 15 is 0 Å². The molecule has 0 bridgehead atoms. The average molecular weight is 214 g/mol. The number of hydrogen-bond donors (Lipinski definition) is 1. The summed E-state index contributed by atoms with van der Waals surface area (Å²) in [5.41, 5.74) is 0. The molecule has 0 aliphatic carbocycles. The van der Waals surface area contributed by atoms with E-state index in [2.05, 4.69) is 19.2 Å². The summed E-state index contributed by atoms with van der Waals surface area (Å²) >= 11 is 1.70. The van der Waals surface area contributed by atoms with Gasteiger partial charge in [0.25, 0.3) is 0 Å². The van der Waals surface area contributed by atoms with Crippen molar-refractivity contribution in [1.29, 1.82) is 5.26 Å². The van der Waals surface area contributed by atoms with E-state index in [0.29, 0.717) is 13.0 Å². The van der Waals surface area contributed by atoms with Gasteiger partial charge in [0.15, 0.2) is 0 Å². The number of nitriles is 1. The number of amides is 1. The van der Waals surface area contributed by atoms with E-state index < -0.39 is 5.92 Å². The molecule has 0 spiro atoms. The SMILES string of the molecule is CCC(C#N)C(=O)NCC(C)(C)SC. The summed E-state index contributed by atoms with van der Waals surface area (Å²) in [6.07, 6.45) is 2.58. The van der Waals surface area contributed by atoms with Gasteiger partial charge in [-0.15, -0.1) is 0 Å². The largest absolute Gasteiger partial charge is 0.354 e. The van der Waals surface area contributed by atoms with Crippen LogP contribution in [0.3, 0.4) is 0 Å². The molecule has 0 fully saturated rings. The summed E-state index contributed by atoms with van der Waals surface area (Å²) in [5, 5.41) is 11.5. The Kier molecular flexibility index (Phi) is 5.63. The molecule has 4 heteroatoms. The first-order valence-electron chi connectivity index (χ1n) is 4.69. The minimum Gasteiger partial charge on any atom is -0.354 e. The number of nitrogens with zero attached hydrogens (tertiary/aromatic N) is 1. The Balaban J connectivity index is 4.03. The summed E-state index contributed by atoms with van der Waals surface area (Å²) in [4.78, 5) is 11.4. The van der Waals surface area contributed by atoms with Crippen LogP contribution in [0.5, 0.6) is 0 Å². The number of carbonyl (C=O) groups excluding carboxylic acids is 1. The fraction of sp³-hybridized carbons (Fsp3) is 0.800. The van der Waals surface area contributed by atoms with Crippen molar-refractivity contribution in [3.63, 3.8) is 0 Å². The van der Waals surface area contributed by atoms with Gasteiger partial charge in [0.05, 0.1) is 6.07 Å². The van der Waals surface area contributed by atoms with Crippen molar-refractivity contribution in [3.8, 4) is 6.07 Å². The van der Waals surface area contributed by atoms with Crippen LogP contribution in [-0.2, 0) is 4.79 Å². The zero-order chi connectivity index (χ0) is 11.2. The van der Waals surface area contributed by atoms with Gasteiger partial charge in [-0.25, -0.2) is 0 Å². The van der Waals surface area contributed by atoms with Crippen LogP contribution in [0.2, 0.25) is 0 Å². The summed E-state index contributed by atoms with van der Waals surface area (Å²) in [6.45, 7) is 6.56. The van der Waals surface area contributed by atoms with Crippen LogP contribution < -0.4 is 5.32 Å². The van der Waals surface area contributed by atoms with Crippen molar-refractivity contribution in [2.45, 2.75) is 31.9 Å². The third-order valence-electron chi connectivity index (χ3n) is 2.12. The van der Waals surface area contributed by atoms with Crippen LogP contribution >= 0.6 is 11.8 Å². The highest BCUT2D eigenvalue weighted by molar-refractivity contribution is 7.99. The molecule has 0 aromatic rings. The second-order valence-electron chi connectivity index (χ2n) is 3.77. The monoisotopic (exact) mass is 214 g/mol. The maximum Gasteiger partial charge on any atom is 0.237 e. The van der Waals surface area contributed by atoms with Crippen LogP contribution in [0.4, 0.5) is 0 Å².